The van der Waals surface area contributed by atoms with E-state index in [0.717, 1.165) is 24.3 Å². The van der Waals surface area contributed by atoms with Gasteiger partial charge in [0, 0.05) is 11.8 Å². The molecule has 0 spiro atoms. The van der Waals surface area contributed by atoms with Crippen molar-refractivity contribution in [2.24, 2.45) is 0 Å². The van der Waals surface area contributed by atoms with Crippen LogP contribution in [0.5, 0.6) is 0 Å². The molecule has 20 heavy (non-hydrogen) atoms. The van der Waals surface area contributed by atoms with Crippen molar-refractivity contribution in [1.29, 1.82) is 0 Å². The van der Waals surface area contributed by atoms with Crippen molar-refractivity contribution in [2.75, 3.05) is 5.75 Å². The number of carboxylic acid groups (broad SMARTS) is 1. The minimum atomic E-state index is -0.719. The summed E-state index contributed by atoms with van der Waals surface area (Å²) in [5.74, 6) is 1.12. The summed E-state index contributed by atoms with van der Waals surface area (Å²) in [7, 11) is 0. The first kappa shape index (κ1) is 15.4. The molecule has 4 heteroatoms. The van der Waals surface area contributed by atoms with Crippen LogP contribution in [0.15, 0.2) is 18.2 Å². The van der Waals surface area contributed by atoms with Crippen LogP contribution in [-0.2, 0) is 10.5 Å². The molecule has 1 aromatic rings. The molecular weight excluding hydrogens is 270 g/mol. The van der Waals surface area contributed by atoms with Gasteiger partial charge in [-0.05, 0) is 44.4 Å². The largest absolute Gasteiger partial charge is 0.480 e. The highest BCUT2D eigenvalue weighted by Gasteiger charge is 2.27. The van der Waals surface area contributed by atoms with Gasteiger partial charge in [0.25, 0.3) is 0 Å². The SMILES string of the molecule is Cc1cc(C)cc(CSCCC(NC2CC2)C(=O)O)c1. The average Bonchev–Trinajstić information content (AvgIpc) is 3.15. The van der Waals surface area contributed by atoms with Crippen LogP contribution in [0.1, 0.15) is 36.0 Å². The summed E-state index contributed by atoms with van der Waals surface area (Å²) in [5, 5.41) is 12.4. The highest BCUT2D eigenvalue weighted by atomic mass is 32.2. The first-order valence-corrected chi connectivity index (χ1v) is 8.34. The third kappa shape index (κ3) is 5.17. The van der Waals surface area contributed by atoms with Gasteiger partial charge in [0.1, 0.15) is 6.04 Å². The Morgan fingerprint density at radius 2 is 2.00 bits per heavy atom. The fraction of sp³-hybridized carbons (Fsp3) is 0.562. The maximum Gasteiger partial charge on any atom is 0.320 e. The standard InChI is InChI=1S/C16H23NO2S/c1-11-7-12(2)9-13(8-11)10-20-6-5-15(16(18)19)17-14-3-4-14/h7-9,14-15,17H,3-6,10H2,1-2H3,(H,18,19). The molecule has 2 N–H and O–H groups in total. The lowest BCUT2D eigenvalue weighted by Crippen LogP contribution is -2.38. The number of hydrogen-bond acceptors (Lipinski definition) is 3. The third-order valence-electron chi connectivity index (χ3n) is 3.41. The lowest BCUT2D eigenvalue weighted by Gasteiger charge is -2.13. The Balaban J connectivity index is 1.72. The van der Waals surface area contributed by atoms with Gasteiger partial charge in [-0.3, -0.25) is 4.79 Å². The van der Waals surface area contributed by atoms with E-state index in [-0.39, 0.29) is 6.04 Å². The second-order valence-corrected chi connectivity index (χ2v) is 6.77. The van der Waals surface area contributed by atoms with Gasteiger partial charge in [-0.2, -0.15) is 11.8 Å². The van der Waals surface area contributed by atoms with E-state index in [1.807, 2.05) is 11.8 Å². The van der Waals surface area contributed by atoms with Crippen molar-refractivity contribution in [3.05, 3.63) is 34.9 Å². The number of hydrogen-bond donors (Lipinski definition) is 2. The van der Waals surface area contributed by atoms with Gasteiger partial charge in [-0.1, -0.05) is 29.3 Å². The van der Waals surface area contributed by atoms with Crippen molar-refractivity contribution < 1.29 is 9.90 Å². The molecule has 110 valence electrons. The number of carboxylic acids is 1. The zero-order valence-corrected chi connectivity index (χ0v) is 13.0. The van der Waals surface area contributed by atoms with Crippen LogP contribution >= 0.6 is 11.8 Å². The lowest BCUT2D eigenvalue weighted by atomic mass is 10.1. The fourth-order valence-corrected chi connectivity index (χ4v) is 3.31. The van der Waals surface area contributed by atoms with Gasteiger partial charge in [-0.25, -0.2) is 0 Å². The van der Waals surface area contributed by atoms with E-state index in [2.05, 4.69) is 37.4 Å². The van der Waals surface area contributed by atoms with E-state index >= 15 is 0 Å². The quantitative estimate of drug-likeness (QED) is 0.723. The van der Waals surface area contributed by atoms with E-state index in [0.29, 0.717) is 12.5 Å². The molecule has 1 saturated carbocycles. The molecule has 1 fully saturated rings. The van der Waals surface area contributed by atoms with Crippen molar-refractivity contribution in [1.82, 2.24) is 5.32 Å². The zero-order chi connectivity index (χ0) is 14.5. The highest BCUT2D eigenvalue weighted by Crippen LogP contribution is 2.21. The Morgan fingerprint density at radius 3 is 2.55 bits per heavy atom. The molecule has 0 amide bonds. The van der Waals surface area contributed by atoms with Crippen molar-refractivity contribution in [3.63, 3.8) is 0 Å². The number of benzene rings is 1. The second-order valence-electron chi connectivity index (χ2n) is 5.67. The van der Waals surface area contributed by atoms with Crippen LogP contribution in [0, 0.1) is 13.8 Å². The second kappa shape index (κ2) is 7.14. The number of carbonyl (C=O) groups is 1. The Morgan fingerprint density at radius 1 is 1.35 bits per heavy atom. The Hall–Kier alpha value is -1.00. The molecular formula is C16H23NO2S. The highest BCUT2D eigenvalue weighted by molar-refractivity contribution is 7.98. The number of nitrogens with one attached hydrogen (secondary N) is 1. The summed E-state index contributed by atoms with van der Waals surface area (Å²) in [5.41, 5.74) is 3.91. The molecule has 0 aromatic heterocycles. The van der Waals surface area contributed by atoms with Gasteiger partial charge < -0.3 is 10.4 Å². The van der Waals surface area contributed by atoms with Crippen LogP contribution in [0.4, 0.5) is 0 Å². The fourth-order valence-electron chi connectivity index (χ4n) is 2.36. The van der Waals surface area contributed by atoms with Crippen LogP contribution in [0.3, 0.4) is 0 Å². The summed E-state index contributed by atoms with van der Waals surface area (Å²) in [6.07, 6.45) is 2.94. The molecule has 0 aliphatic heterocycles. The predicted octanol–water partition coefficient (Wildman–Crippen LogP) is 3.13. The van der Waals surface area contributed by atoms with Gasteiger partial charge in [0.2, 0.25) is 0 Å². The van der Waals surface area contributed by atoms with Crippen LogP contribution < -0.4 is 5.32 Å². The van der Waals surface area contributed by atoms with Crippen LogP contribution in [0.2, 0.25) is 0 Å². The molecule has 3 nitrogen and oxygen atoms in total. The monoisotopic (exact) mass is 293 g/mol. The molecule has 0 saturated heterocycles. The summed E-state index contributed by atoms with van der Waals surface area (Å²) in [4.78, 5) is 11.1. The number of aryl methyl sites for hydroxylation is 2. The first-order chi connectivity index (χ1) is 9.54. The molecule has 1 atom stereocenters. The molecule has 0 heterocycles. The van der Waals surface area contributed by atoms with Crippen LogP contribution in [-0.4, -0.2) is 28.9 Å². The van der Waals surface area contributed by atoms with Gasteiger partial charge in [0.15, 0.2) is 0 Å². The van der Waals surface area contributed by atoms with E-state index < -0.39 is 5.97 Å². The van der Waals surface area contributed by atoms with Crippen molar-refractivity contribution in [2.45, 2.75) is 50.9 Å². The molecule has 0 radical (unpaired) electrons. The maximum atomic E-state index is 11.1. The van der Waals surface area contributed by atoms with Crippen molar-refractivity contribution in [3.8, 4) is 0 Å². The molecule has 0 bridgehead atoms. The van der Waals surface area contributed by atoms with Gasteiger partial charge in [-0.15, -0.1) is 0 Å². The van der Waals surface area contributed by atoms with E-state index in [1.54, 1.807) is 0 Å². The Bertz CT molecular complexity index is 451. The molecule has 1 unspecified atom stereocenters. The maximum absolute atomic E-state index is 11.1. The molecule has 1 aliphatic carbocycles. The third-order valence-corrected chi connectivity index (χ3v) is 4.48. The van der Waals surface area contributed by atoms with Gasteiger partial charge >= 0.3 is 5.97 Å². The smallest absolute Gasteiger partial charge is 0.320 e. The molecule has 1 aromatic carbocycles. The lowest BCUT2D eigenvalue weighted by molar-refractivity contribution is -0.139. The average molecular weight is 293 g/mol. The van der Waals surface area contributed by atoms with E-state index in [4.69, 9.17) is 5.11 Å². The van der Waals surface area contributed by atoms with E-state index in [1.165, 1.54) is 16.7 Å². The zero-order valence-electron chi connectivity index (χ0n) is 12.2. The normalized spacial score (nSPS) is 16.1. The Labute approximate surface area is 125 Å². The summed E-state index contributed by atoms with van der Waals surface area (Å²) in [6.45, 7) is 4.22. The Kier molecular flexibility index (Phi) is 5.49. The predicted molar refractivity (Wildman–Crippen MR) is 84.3 cm³/mol. The molecule has 2 rings (SSSR count). The summed E-state index contributed by atoms with van der Waals surface area (Å²) >= 11 is 1.81. The number of rotatable bonds is 8. The number of thioether (sulfide) groups is 1. The molecule has 1 aliphatic rings. The van der Waals surface area contributed by atoms with Gasteiger partial charge in [0.05, 0.1) is 0 Å². The minimum absolute atomic E-state index is 0.380. The first-order valence-electron chi connectivity index (χ1n) is 7.18. The summed E-state index contributed by atoms with van der Waals surface area (Å²) in [6, 6.07) is 6.65. The van der Waals surface area contributed by atoms with E-state index in [9.17, 15) is 4.79 Å². The summed E-state index contributed by atoms with van der Waals surface area (Å²) < 4.78 is 0. The topological polar surface area (TPSA) is 49.3 Å². The van der Waals surface area contributed by atoms with Crippen LogP contribution in [0.25, 0.3) is 0 Å². The van der Waals surface area contributed by atoms with Crippen molar-refractivity contribution >= 4 is 17.7 Å². The minimum Gasteiger partial charge on any atom is -0.480 e. The number of aliphatic carboxylic acids is 1.